The van der Waals surface area contributed by atoms with E-state index in [9.17, 15) is 0 Å². The van der Waals surface area contributed by atoms with Crippen molar-refractivity contribution in [3.05, 3.63) is 35.9 Å². The molecule has 0 aliphatic carbocycles. The predicted molar refractivity (Wildman–Crippen MR) is 55.5 cm³/mol. The van der Waals surface area contributed by atoms with Crippen LogP contribution in [0.15, 0.2) is 30.3 Å². The molecule has 0 heterocycles. The van der Waals surface area contributed by atoms with Gasteiger partial charge in [-0.25, -0.2) is 0 Å². The van der Waals surface area contributed by atoms with Gasteiger partial charge in [0.1, 0.15) is 0 Å². The highest BCUT2D eigenvalue weighted by molar-refractivity contribution is 5.85. The number of hydrogen-bond donors (Lipinski definition) is 1. The molecule has 0 bridgehead atoms. The summed E-state index contributed by atoms with van der Waals surface area (Å²) in [5.41, 5.74) is 7.15. The van der Waals surface area contributed by atoms with E-state index in [2.05, 4.69) is 19.1 Å². The first-order valence-corrected chi connectivity index (χ1v) is 4.15. The summed E-state index contributed by atoms with van der Waals surface area (Å²) in [4.78, 5) is 0. The monoisotopic (exact) mass is 185 g/mol. The fourth-order valence-electron chi connectivity index (χ4n) is 1.18. The molecule has 1 aromatic carbocycles. The normalized spacial score (nSPS) is 11.8. The van der Waals surface area contributed by atoms with Crippen molar-refractivity contribution in [1.82, 2.24) is 0 Å². The number of nitrogens with two attached hydrogens (primary N) is 1. The van der Waals surface area contributed by atoms with Crippen LogP contribution in [-0.2, 0) is 0 Å². The Bertz CT molecular complexity index is 198. The zero-order valence-corrected chi connectivity index (χ0v) is 8.18. The molecule has 1 atom stereocenters. The van der Waals surface area contributed by atoms with Crippen LogP contribution in [0, 0.1) is 0 Å². The maximum absolute atomic E-state index is 5.91. The highest BCUT2D eigenvalue weighted by Crippen LogP contribution is 2.13. The molecular weight excluding hydrogens is 170 g/mol. The van der Waals surface area contributed by atoms with Gasteiger partial charge in [0, 0.05) is 6.04 Å². The molecule has 0 aliphatic rings. The first-order chi connectivity index (χ1) is 5.34. The Morgan fingerprint density at radius 2 is 1.83 bits per heavy atom. The molecule has 2 heteroatoms. The summed E-state index contributed by atoms with van der Waals surface area (Å²) in [5.74, 6) is 0. The maximum atomic E-state index is 5.91. The van der Waals surface area contributed by atoms with Crippen LogP contribution in [0.25, 0.3) is 0 Å². The Morgan fingerprint density at radius 3 is 2.33 bits per heavy atom. The SMILES string of the molecule is CCC[C@@H](N)c1ccccc1.Cl. The van der Waals surface area contributed by atoms with Crippen molar-refractivity contribution < 1.29 is 0 Å². The van der Waals surface area contributed by atoms with E-state index in [4.69, 9.17) is 5.73 Å². The Balaban J connectivity index is 0.00000121. The van der Waals surface area contributed by atoms with Gasteiger partial charge in [0.15, 0.2) is 0 Å². The van der Waals surface area contributed by atoms with Crippen LogP contribution < -0.4 is 5.73 Å². The molecule has 0 spiro atoms. The topological polar surface area (TPSA) is 26.0 Å². The highest BCUT2D eigenvalue weighted by Gasteiger charge is 2.01. The standard InChI is InChI=1S/C10H15N.ClH/c1-2-6-10(11)9-7-4-3-5-8-9;/h3-5,7-8,10H,2,6,11H2,1H3;1H/t10-;/m1./s1. The number of rotatable bonds is 3. The van der Waals surface area contributed by atoms with Gasteiger partial charge in [-0.05, 0) is 12.0 Å². The predicted octanol–water partition coefficient (Wildman–Crippen LogP) is 2.91. The van der Waals surface area contributed by atoms with Gasteiger partial charge in [-0.1, -0.05) is 43.7 Å². The van der Waals surface area contributed by atoms with Crippen LogP contribution >= 0.6 is 12.4 Å². The van der Waals surface area contributed by atoms with Crippen molar-refractivity contribution in [1.29, 1.82) is 0 Å². The summed E-state index contributed by atoms with van der Waals surface area (Å²) in [5, 5.41) is 0. The third-order valence-corrected chi connectivity index (χ3v) is 1.83. The van der Waals surface area contributed by atoms with Crippen LogP contribution in [0.5, 0.6) is 0 Å². The minimum atomic E-state index is 0. The molecular formula is C10H16ClN. The molecule has 0 radical (unpaired) electrons. The number of benzene rings is 1. The lowest BCUT2D eigenvalue weighted by molar-refractivity contribution is 0.638. The first kappa shape index (κ1) is 11.5. The summed E-state index contributed by atoms with van der Waals surface area (Å²) in [7, 11) is 0. The Labute approximate surface area is 80.4 Å². The van der Waals surface area contributed by atoms with Gasteiger partial charge in [-0.15, -0.1) is 12.4 Å². The number of hydrogen-bond acceptors (Lipinski definition) is 1. The average Bonchev–Trinajstić information content (AvgIpc) is 2.07. The lowest BCUT2D eigenvalue weighted by Crippen LogP contribution is -2.08. The lowest BCUT2D eigenvalue weighted by atomic mass is 10.0. The van der Waals surface area contributed by atoms with Gasteiger partial charge in [0.05, 0.1) is 0 Å². The molecule has 0 aliphatic heterocycles. The van der Waals surface area contributed by atoms with E-state index in [1.807, 2.05) is 18.2 Å². The second-order valence-corrected chi connectivity index (χ2v) is 2.81. The van der Waals surface area contributed by atoms with E-state index in [-0.39, 0.29) is 18.4 Å². The second kappa shape index (κ2) is 6.04. The maximum Gasteiger partial charge on any atom is 0.0294 e. The molecule has 0 saturated heterocycles. The van der Waals surface area contributed by atoms with Gasteiger partial charge >= 0.3 is 0 Å². The molecule has 12 heavy (non-hydrogen) atoms. The van der Waals surface area contributed by atoms with Gasteiger partial charge in [0.2, 0.25) is 0 Å². The summed E-state index contributed by atoms with van der Waals surface area (Å²) in [6, 6.07) is 10.5. The van der Waals surface area contributed by atoms with Gasteiger partial charge in [-0.2, -0.15) is 0 Å². The van der Waals surface area contributed by atoms with Gasteiger partial charge in [-0.3, -0.25) is 0 Å². The van der Waals surface area contributed by atoms with Crippen molar-refractivity contribution in [3.63, 3.8) is 0 Å². The molecule has 1 rings (SSSR count). The van der Waals surface area contributed by atoms with Crippen LogP contribution in [0.3, 0.4) is 0 Å². The zero-order valence-electron chi connectivity index (χ0n) is 7.36. The van der Waals surface area contributed by atoms with E-state index >= 15 is 0 Å². The molecule has 0 unspecified atom stereocenters. The minimum absolute atomic E-state index is 0. The van der Waals surface area contributed by atoms with Crippen molar-refractivity contribution in [3.8, 4) is 0 Å². The Kier molecular flexibility index (Phi) is 5.77. The summed E-state index contributed by atoms with van der Waals surface area (Å²) in [6.45, 7) is 2.16. The van der Waals surface area contributed by atoms with Crippen molar-refractivity contribution in [2.45, 2.75) is 25.8 Å². The Hall–Kier alpha value is -0.530. The van der Waals surface area contributed by atoms with Gasteiger partial charge in [0.25, 0.3) is 0 Å². The van der Waals surface area contributed by atoms with Gasteiger partial charge < -0.3 is 5.73 Å². The lowest BCUT2D eigenvalue weighted by Gasteiger charge is -2.09. The molecule has 0 fully saturated rings. The largest absolute Gasteiger partial charge is 0.324 e. The third kappa shape index (κ3) is 3.24. The van der Waals surface area contributed by atoms with Crippen molar-refractivity contribution >= 4 is 12.4 Å². The van der Waals surface area contributed by atoms with E-state index in [1.54, 1.807) is 0 Å². The van der Waals surface area contributed by atoms with Crippen LogP contribution in [0.1, 0.15) is 31.4 Å². The smallest absolute Gasteiger partial charge is 0.0294 e. The van der Waals surface area contributed by atoms with Crippen molar-refractivity contribution in [2.75, 3.05) is 0 Å². The van der Waals surface area contributed by atoms with E-state index < -0.39 is 0 Å². The van der Waals surface area contributed by atoms with Crippen molar-refractivity contribution in [2.24, 2.45) is 5.73 Å². The zero-order chi connectivity index (χ0) is 8.10. The summed E-state index contributed by atoms with van der Waals surface area (Å²) < 4.78 is 0. The summed E-state index contributed by atoms with van der Waals surface area (Å²) in [6.07, 6.45) is 2.22. The van der Waals surface area contributed by atoms with E-state index in [0.717, 1.165) is 12.8 Å². The van der Waals surface area contributed by atoms with Crippen LogP contribution in [-0.4, -0.2) is 0 Å². The fourth-order valence-corrected chi connectivity index (χ4v) is 1.18. The summed E-state index contributed by atoms with van der Waals surface area (Å²) >= 11 is 0. The molecule has 2 N–H and O–H groups in total. The van der Waals surface area contributed by atoms with Crippen LogP contribution in [0.4, 0.5) is 0 Å². The van der Waals surface area contributed by atoms with Crippen LogP contribution in [0.2, 0.25) is 0 Å². The second-order valence-electron chi connectivity index (χ2n) is 2.81. The minimum Gasteiger partial charge on any atom is -0.324 e. The molecule has 0 aromatic heterocycles. The van der Waals surface area contributed by atoms with E-state index in [0.29, 0.717) is 0 Å². The molecule has 68 valence electrons. The fraction of sp³-hybridized carbons (Fsp3) is 0.400. The quantitative estimate of drug-likeness (QED) is 0.770. The van der Waals surface area contributed by atoms with E-state index in [1.165, 1.54) is 5.56 Å². The molecule has 1 nitrogen and oxygen atoms in total. The molecule has 1 aromatic rings. The number of halogens is 1. The average molecular weight is 186 g/mol. The molecule has 0 saturated carbocycles. The molecule has 0 amide bonds. The third-order valence-electron chi connectivity index (χ3n) is 1.83. The first-order valence-electron chi connectivity index (χ1n) is 4.15. The highest BCUT2D eigenvalue weighted by atomic mass is 35.5. The Morgan fingerprint density at radius 1 is 1.25 bits per heavy atom.